The maximum Gasteiger partial charge on any atom is 0.349 e. The summed E-state index contributed by atoms with van der Waals surface area (Å²) in [5, 5.41) is 11.9. The molecule has 4 radical (unpaired) electrons. The molecule has 0 saturated carbocycles. The molecule has 5 nitrogen and oxygen atoms in total. The largest absolute Gasteiger partial charge is 0.494 e. The van der Waals surface area contributed by atoms with Gasteiger partial charge in [0.05, 0.1) is 11.1 Å². The van der Waals surface area contributed by atoms with E-state index in [-0.39, 0.29) is 11.8 Å². The molecule has 2 heterocycles. The minimum Gasteiger partial charge on any atom is -0.494 e. The number of hydrogen-bond donors (Lipinski definition) is 3. The van der Waals surface area contributed by atoms with Crippen LogP contribution in [0.2, 0.25) is 0 Å². The first-order valence-electron chi connectivity index (χ1n) is 3.45. The van der Waals surface area contributed by atoms with Crippen LogP contribution in [0.25, 0.3) is 0 Å². The molecule has 1 aromatic heterocycles. The van der Waals surface area contributed by atoms with Crippen molar-refractivity contribution in [3.05, 3.63) is 11.1 Å². The molecule has 7 heteroatoms. The number of aromatic hydroxyl groups is 1. The van der Waals surface area contributed by atoms with E-state index in [1.807, 2.05) is 0 Å². The van der Waals surface area contributed by atoms with E-state index < -0.39 is 0 Å². The number of amides is 1. The summed E-state index contributed by atoms with van der Waals surface area (Å²) in [6, 6.07) is 0. The predicted octanol–water partition coefficient (Wildman–Crippen LogP) is -1.91. The summed E-state index contributed by atoms with van der Waals surface area (Å²) in [7, 11) is 0. The van der Waals surface area contributed by atoms with Crippen LogP contribution < -0.4 is 9.87 Å². The van der Waals surface area contributed by atoms with Gasteiger partial charge in [0.2, 0.25) is 16.3 Å². The van der Waals surface area contributed by atoms with Crippen LogP contribution >= 0.6 is 0 Å². The minimum atomic E-state index is -0.252. The second-order valence-electron chi connectivity index (χ2n) is 2.57. The van der Waals surface area contributed by atoms with Gasteiger partial charge in [-0.25, -0.2) is 0 Å². The molecule has 0 unspecified atom stereocenters. The Morgan fingerprint density at radius 3 is 2.69 bits per heavy atom. The van der Waals surface area contributed by atoms with Gasteiger partial charge in [0, 0.05) is 0 Å². The smallest absolute Gasteiger partial charge is 0.349 e. The Kier molecular flexibility index (Phi) is 1.98. The summed E-state index contributed by atoms with van der Waals surface area (Å²) in [5.74, 6) is 0.0738. The van der Waals surface area contributed by atoms with Gasteiger partial charge in [-0.05, 0) is 0 Å². The fraction of sp³-hybridized carbons (Fsp3) is 0. The van der Waals surface area contributed by atoms with E-state index in [4.69, 9.17) is 0 Å². The Morgan fingerprint density at radius 1 is 1.38 bits per heavy atom. The third-order valence-electron chi connectivity index (χ3n) is 1.83. The molecule has 1 aliphatic heterocycles. The summed E-state index contributed by atoms with van der Waals surface area (Å²) >= 11 is 4.48. The van der Waals surface area contributed by atoms with Crippen molar-refractivity contribution in [3.8, 4) is 5.88 Å². The molecule has 0 bridgehead atoms. The maximum atomic E-state index is 11.3. The van der Waals surface area contributed by atoms with E-state index in [9.17, 15) is 9.90 Å². The Balaban J connectivity index is 2.74. The molecule has 0 atom stereocenters. The molecule has 60 valence electrons. The van der Waals surface area contributed by atoms with Crippen LogP contribution in [0.15, 0.2) is 3.98 Å². The zero-order valence-electron chi connectivity index (χ0n) is 6.46. The van der Waals surface area contributed by atoms with Crippen molar-refractivity contribution >= 4 is 49.1 Å². The minimum absolute atomic E-state index is 0.0421. The molecular formula is C6H3Al2N3O2. The van der Waals surface area contributed by atoms with Crippen molar-refractivity contribution < 1.29 is 9.90 Å². The van der Waals surface area contributed by atoms with Gasteiger partial charge in [-0.2, -0.15) is 0 Å². The van der Waals surface area contributed by atoms with Crippen molar-refractivity contribution in [2.45, 2.75) is 0 Å². The number of hydrogen-bond acceptors (Lipinski definition) is 3. The third kappa shape index (κ3) is 1.13. The highest BCUT2D eigenvalue weighted by molar-refractivity contribution is 6.41. The highest BCUT2D eigenvalue weighted by Crippen LogP contribution is 2.22. The number of aromatic nitrogens is 1. The van der Waals surface area contributed by atoms with Gasteiger partial charge in [-0.1, -0.05) is 4.56 Å². The second-order valence-corrected chi connectivity index (χ2v) is 3.40. The standard InChI is InChI=1S/C6H3N3O2.2Al/c7-4-3-2(5(10)9-4)1-8-6(3)11;;/h(H3-,7,8,9,10,11);;/q-1;;+1. The van der Waals surface area contributed by atoms with Crippen LogP contribution in [0.5, 0.6) is 5.88 Å². The van der Waals surface area contributed by atoms with E-state index >= 15 is 0 Å². The van der Waals surface area contributed by atoms with E-state index in [1.54, 1.807) is 0 Å². The Hall–Kier alpha value is -0.715. The number of H-pyrrole nitrogens is 1. The van der Waals surface area contributed by atoms with Gasteiger partial charge in [-0.15, -0.1) is 0 Å². The first-order valence-corrected chi connectivity index (χ1v) is 4.54. The molecule has 0 spiro atoms. The van der Waals surface area contributed by atoms with Gasteiger partial charge in [-0.3, -0.25) is 4.79 Å². The van der Waals surface area contributed by atoms with Crippen LogP contribution in [-0.2, 0) is 0 Å². The molecule has 1 aliphatic rings. The average molecular weight is 203 g/mol. The Morgan fingerprint density at radius 2 is 2.08 bits per heavy atom. The first-order chi connectivity index (χ1) is 6.15. The monoisotopic (exact) mass is 203 g/mol. The fourth-order valence-electron chi connectivity index (χ4n) is 1.30. The molecule has 0 aromatic carbocycles. The number of aromatic amines is 1. The van der Waals surface area contributed by atoms with Crippen LogP contribution in [0.3, 0.4) is 0 Å². The Bertz CT molecular complexity index is 424. The number of nitrogens with one attached hydrogen (secondary N) is 2. The normalized spacial score (nSPS) is 17.5. The number of carbonyl (C=O) groups excluding carboxylic acids is 1. The van der Waals surface area contributed by atoms with Crippen LogP contribution in [0, 0.1) is 0 Å². The number of fused-ring (bicyclic) bond motifs is 1. The van der Waals surface area contributed by atoms with E-state index in [0.717, 1.165) is 0 Å². The quantitative estimate of drug-likeness (QED) is 0.430. The van der Waals surface area contributed by atoms with Gasteiger partial charge in [0.25, 0.3) is 5.91 Å². The number of nitrogens with zero attached hydrogens (tertiary/aromatic N) is 1. The van der Waals surface area contributed by atoms with Gasteiger partial charge in [0.15, 0.2) is 5.88 Å². The number of carbonyl (C=O) groups is 1. The molecular weight excluding hydrogens is 200 g/mol. The molecule has 0 saturated heterocycles. The maximum absolute atomic E-state index is 11.3. The van der Waals surface area contributed by atoms with Crippen molar-refractivity contribution in [3.63, 3.8) is 0 Å². The summed E-state index contributed by atoms with van der Waals surface area (Å²) in [5.41, 5.74) is 0.869. The second kappa shape index (κ2) is 2.90. The number of rotatable bonds is 0. The highest BCUT2D eigenvalue weighted by Gasteiger charge is 2.30. The third-order valence-corrected chi connectivity index (χ3v) is 2.53. The molecule has 0 aliphatic carbocycles. The van der Waals surface area contributed by atoms with Crippen molar-refractivity contribution in [1.29, 1.82) is 0 Å². The molecule has 2 rings (SSSR count). The lowest BCUT2D eigenvalue weighted by molar-refractivity contribution is 0.0984. The summed E-state index contributed by atoms with van der Waals surface area (Å²) in [6.07, 6.45) is 0. The zero-order valence-corrected chi connectivity index (χ0v) is 8.77. The molecule has 1 aromatic rings. The fourth-order valence-corrected chi connectivity index (χ4v) is 1.91. The van der Waals surface area contributed by atoms with E-state index in [1.165, 1.54) is 0 Å². The van der Waals surface area contributed by atoms with Crippen molar-refractivity contribution in [1.82, 2.24) is 10.3 Å². The van der Waals surface area contributed by atoms with Crippen LogP contribution in [0.1, 0.15) is 15.9 Å². The number of amidine groups is 1. The lowest BCUT2D eigenvalue weighted by atomic mass is 10.2. The first kappa shape index (κ1) is 8.86. The molecule has 1 amide bonds. The predicted molar refractivity (Wildman–Crippen MR) is 47.6 cm³/mol. The summed E-state index contributed by atoms with van der Waals surface area (Å²) < 4.78 is 4.33. The molecule has 13 heavy (non-hydrogen) atoms. The van der Waals surface area contributed by atoms with Crippen molar-refractivity contribution in [2.75, 3.05) is 0 Å². The van der Waals surface area contributed by atoms with Crippen LogP contribution in [-0.4, -0.2) is 54.6 Å². The van der Waals surface area contributed by atoms with Gasteiger partial charge < -0.3 is 19.4 Å². The SMILES string of the molecule is O=C1NC(=[N][Al])c2c(O)[nH][c]([Al])c21. The Labute approximate surface area is 90.3 Å². The topological polar surface area (TPSA) is 77.5 Å². The lowest BCUT2D eigenvalue weighted by Crippen LogP contribution is -2.25. The van der Waals surface area contributed by atoms with E-state index in [2.05, 4.69) is 47.1 Å². The van der Waals surface area contributed by atoms with Crippen molar-refractivity contribution in [2.24, 2.45) is 3.98 Å². The highest BCUT2D eigenvalue weighted by atomic mass is 27.1. The van der Waals surface area contributed by atoms with Gasteiger partial charge in [0.1, 0.15) is 5.84 Å². The van der Waals surface area contributed by atoms with Crippen LogP contribution in [0.4, 0.5) is 0 Å². The lowest BCUT2D eigenvalue weighted by Gasteiger charge is -1.97. The van der Waals surface area contributed by atoms with E-state index in [0.29, 0.717) is 21.5 Å². The van der Waals surface area contributed by atoms with Gasteiger partial charge >= 0.3 is 16.5 Å². The zero-order chi connectivity index (χ0) is 9.59. The average Bonchev–Trinajstić information content (AvgIpc) is 2.54. The summed E-state index contributed by atoms with van der Waals surface area (Å²) in [6.45, 7) is 0. The molecule has 0 fully saturated rings. The molecule has 3 N–H and O–H groups in total. The summed E-state index contributed by atoms with van der Waals surface area (Å²) in [4.78, 5) is 14.0.